The van der Waals surface area contributed by atoms with Crippen LogP contribution in [-0.2, 0) is 16.6 Å². The predicted molar refractivity (Wildman–Crippen MR) is 109 cm³/mol. The maximum Gasteiger partial charge on any atom is 0.252 e. The first-order valence-electron chi connectivity index (χ1n) is 8.79. The molecule has 1 aromatic carbocycles. The van der Waals surface area contributed by atoms with Crippen LogP contribution in [0.2, 0.25) is 0 Å². The molecule has 9 heteroatoms. The first-order chi connectivity index (χ1) is 13.0. The number of piperidine rings is 1. The van der Waals surface area contributed by atoms with Crippen molar-refractivity contribution in [3.63, 3.8) is 0 Å². The smallest absolute Gasteiger partial charge is 0.252 e. The van der Waals surface area contributed by atoms with Gasteiger partial charge in [0.2, 0.25) is 0 Å². The van der Waals surface area contributed by atoms with E-state index in [1.54, 1.807) is 23.5 Å². The minimum absolute atomic E-state index is 0.244. The average molecular weight is 409 g/mol. The van der Waals surface area contributed by atoms with Gasteiger partial charge in [0.15, 0.2) is 5.96 Å². The van der Waals surface area contributed by atoms with E-state index in [1.165, 1.54) is 11.3 Å². The second-order valence-corrected chi connectivity index (χ2v) is 9.55. The van der Waals surface area contributed by atoms with E-state index >= 15 is 0 Å². The highest BCUT2D eigenvalue weighted by atomic mass is 32.2. The molecular weight excluding hydrogens is 384 g/mol. The van der Waals surface area contributed by atoms with Gasteiger partial charge in [0.25, 0.3) is 10.0 Å². The van der Waals surface area contributed by atoms with Gasteiger partial charge in [-0.3, -0.25) is 0 Å². The highest BCUT2D eigenvalue weighted by molar-refractivity contribution is 7.91. The first kappa shape index (κ1) is 19.7. The molecule has 0 bridgehead atoms. The van der Waals surface area contributed by atoms with Gasteiger partial charge in [-0.2, -0.15) is 4.31 Å². The molecule has 146 valence electrons. The van der Waals surface area contributed by atoms with E-state index in [1.807, 2.05) is 24.3 Å². The lowest BCUT2D eigenvalue weighted by atomic mass is 10.2. The molecule has 0 amide bonds. The van der Waals surface area contributed by atoms with Crippen LogP contribution in [0.5, 0.6) is 5.75 Å². The summed E-state index contributed by atoms with van der Waals surface area (Å²) in [5.74, 6) is 0.912. The fourth-order valence-corrected chi connectivity index (χ4v) is 5.85. The maximum atomic E-state index is 12.7. The summed E-state index contributed by atoms with van der Waals surface area (Å²) in [6.45, 7) is 1.52. The number of rotatable bonds is 6. The average Bonchev–Trinajstić information content (AvgIpc) is 3.17. The number of ether oxygens (including phenoxy) is 1. The number of anilines is 1. The monoisotopic (exact) mass is 408 g/mol. The lowest BCUT2D eigenvalue weighted by Crippen LogP contribution is -2.35. The number of thiophene rings is 1. The van der Waals surface area contributed by atoms with Gasteiger partial charge in [-0.15, -0.1) is 11.3 Å². The Hall–Kier alpha value is -2.10. The van der Waals surface area contributed by atoms with Crippen molar-refractivity contribution < 1.29 is 13.2 Å². The van der Waals surface area contributed by atoms with Crippen molar-refractivity contribution in [2.75, 3.05) is 25.5 Å². The number of sulfonamides is 1. The van der Waals surface area contributed by atoms with Gasteiger partial charge in [0, 0.05) is 18.0 Å². The van der Waals surface area contributed by atoms with E-state index in [9.17, 15) is 8.42 Å². The zero-order chi connectivity index (χ0) is 19.3. The van der Waals surface area contributed by atoms with Crippen LogP contribution in [0.3, 0.4) is 0 Å². The Morgan fingerprint density at radius 1 is 1.22 bits per heavy atom. The normalized spacial score (nSPS) is 16.3. The first-order valence-corrected chi connectivity index (χ1v) is 11.0. The van der Waals surface area contributed by atoms with Gasteiger partial charge >= 0.3 is 0 Å². The molecule has 1 aliphatic heterocycles. The van der Waals surface area contributed by atoms with Crippen molar-refractivity contribution in [1.29, 1.82) is 0 Å². The van der Waals surface area contributed by atoms with E-state index < -0.39 is 10.0 Å². The van der Waals surface area contributed by atoms with Crippen molar-refractivity contribution in [3.05, 3.63) is 41.3 Å². The number of nitrogens with zero attached hydrogens (tertiary/aromatic N) is 2. The zero-order valence-corrected chi connectivity index (χ0v) is 16.9. The summed E-state index contributed by atoms with van der Waals surface area (Å²) in [4.78, 5) is 5.15. The predicted octanol–water partition coefficient (Wildman–Crippen LogP) is 2.86. The molecule has 2 aromatic rings. The maximum absolute atomic E-state index is 12.7. The van der Waals surface area contributed by atoms with Crippen LogP contribution in [0.15, 0.2) is 45.6 Å². The van der Waals surface area contributed by atoms with Crippen molar-refractivity contribution >= 4 is 33.0 Å². The summed E-state index contributed by atoms with van der Waals surface area (Å²) in [6, 6.07) is 10.9. The van der Waals surface area contributed by atoms with Crippen LogP contribution in [-0.4, -0.2) is 38.9 Å². The molecular formula is C18H24N4O3S2. The number of benzene rings is 1. The Morgan fingerprint density at radius 3 is 2.70 bits per heavy atom. The molecule has 27 heavy (non-hydrogen) atoms. The van der Waals surface area contributed by atoms with E-state index in [2.05, 4.69) is 10.3 Å². The van der Waals surface area contributed by atoms with Crippen LogP contribution in [0.4, 0.5) is 5.69 Å². The molecule has 1 aliphatic rings. The Balaban J connectivity index is 1.65. The number of hydrogen-bond donors (Lipinski definition) is 2. The van der Waals surface area contributed by atoms with E-state index in [4.69, 9.17) is 10.5 Å². The third-order valence-electron chi connectivity index (χ3n) is 4.32. The number of nitrogens with one attached hydrogen (secondary N) is 1. The second kappa shape index (κ2) is 8.73. The highest BCUT2D eigenvalue weighted by Gasteiger charge is 2.27. The summed E-state index contributed by atoms with van der Waals surface area (Å²) in [7, 11) is -1.81. The fraction of sp³-hybridized carbons (Fsp3) is 0.389. The Bertz CT molecular complexity index is 903. The molecule has 1 aromatic heterocycles. The molecule has 2 heterocycles. The molecule has 1 fully saturated rings. The number of guanidine groups is 1. The van der Waals surface area contributed by atoms with Crippen LogP contribution in [0.25, 0.3) is 0 Å². The molecule has 0 unspecified atom stereocenters. The van der Waals surface area contributed by atoms with Gasteiger partial charge in [0.05, 0.1) is 19.3 Å². The molecule has 7 nitrogen and oxygen atoms in total. The van der Waals surface area contributed by atoms with Crippen LogP contribution >= 0.6 is 11.3 Å². The Labute approximate surface area is 163 Å². The lowest BCUT2D eigenvalue weighted by Gasteiger charge is -2.25. The second-order valence-electron chi connectivity index (χ2n) is 6.21. The zero-order valence-electron chi connectivity index (χ0n) is 15.2. The van der Waals surface area contributed by atoms with Crippen molar-refractivity contribution in [3.8, 4) is 5.75 Å². The summed E-state index contributed by atoms with van der Waals surface area (Å²) >= 11 is 1.24. The number of methoxy groups -OCH3 is 1. The van der Waals surface area contributed by atoms with Gasteiger partial charge in [-0.05, 0) is 37.1 Å². The van der Waals surface area contributed by atoms with E-state index in [0.29, 0.717) is 29.6 Å². The fourth-order valence-electron chi connectivity index (χ4n) is 2.90. The Kier molecular flexibility index (Phi) is 6.35. The van der Waals surface area contributed by atoms with Crippen molar-refractivity contribution in [2.45, 2.75) is 30.0 Å². The summed E-state index contributed by atoms with van der Waals surface area (Å²) < 4.78 is 32.6. The topological polar surface area (TPSA) is 97.0 Å². The quantitative estimate of drug-likeness (QED) is 0.566. The largest absolute Gasteiger partial charge is 0.495 e. The minimum Gasteiger partial charge on any atom is -0.495 e. The standard InChI is InChI=1S/C18H24N4O3S2/c1-25-16-8-4-3-7-15(16)21-18(19)20-13-14-9-10-17(26-14)27(23,24)22-11-5-2-6-12-22/h3-4,7-10H,2,5-6,11-13H2,1H3,(H3,19,20,21). The van der Waals surface area contributed by atoms with Crippen LogP contribution in [0.1, 0.15) is 24.1 Å². The summed E-state index contributed by atoms with van der Waals surface area (Å²) in [5.41, 5.74) is 6.67. The van der Waals surface area contributed by atoms with Gasteiger partial charge in [0.1, 0.15) is 9.96 Å². The molecule has 0 atom stereocenters. The van der Waals surface area contributed by atoms with Crippen LogP contribution in [0, 0.1) is 0 Å². The third kappa shape index (κ3) is 4.79. The SMILES string of the molecule is COc1ccccc1NC(N)=NCc1ccc(S(=O)(=O)N2CCCCC2)s1. The van der Waals surface area contributed by atoms with E-state index in [-0.39, 0.29) is 5.96 Å². The molecule has 3 N–H and O–H groups in total. The molecule has 1 saturated heterocycles. The molecule has 3 rings (SSSR count). The summed E-state index contributed by atoms with van der Waals surface area (Å²) in [6.07, 6.45) is 2.94. The Morgan fingerprint density at radius 2 is 1.96 bits per heavy atom. The summed E-state index contributed by atoms with van der Waals surface area (Å²) in [5, 5.41) is 3.00. The molecule has 0 aliphatic carbocycles. The van der Waals surface area contributed by atoms with Crippen LogP contribution < -0.4 is 15.8 Å². The number of hydrogen-bond acceptors (Lipinski definition) is 5. The van der Waals surface area contributed by atoms with Gasteiger partial charge < -0.3 is 15.8 Å². The number of para-hydroxylation sites is 2. The molecule has 0 spiro atoms. The van der Waals surface area contributed by atoms with Gasteiger partial charge in [-0.25, -0.2) is 13.4 Å². The minimum atomic E-state index is -3.40. The van der Waals surface area contributed by atoms with Gasteiger partial charge in [-0.1, -0.05) is 18.6 Å². The van der Waals surface area contributed by atoms with Crippen molar-refractivity contribution in [2.24, 2.45) is 10.7 Å². The number of aliphatic imine (C=N–C) groups is 1. The number of nitrogens with two attached hydrogens (primary N) is 1. The highest BCUT2D eigenvalue weighted by Crippen LogP contribution is 2.27. The molecule has 0 radical (unpaired) electrons. The van der Waals surface area contributed by atoms with Crippen molar-refractivity contribution in [1.82, 2.24) is 4.31 Å². The molecule has 0 saturated carbocycles. The lowest BCUT2D eigenvalue weighted by molar-refractivity contribution is 0.347. The van der Waals surface area contributed by atoms with E-state index in [0.717, 1.165) is 29.8 Å². The third-order valence-corrected chi connectivity index (χ3v) is 7.76.